The van der Waals surface area contributed by atoms with Gasteiger partial charge >= 0.3 is 5.97 Å². The molecule has 0 spiro atoms. The van der Waals surface area contributed by atoms with Crippen LogP contribution in [0.3, 0.4) is 0 Å². The largest absolute Gasteiger partial charge is 0.460 e. The maximum Gasteiger partial charge on any atom is 0.323 e. The second-order valence-corrected chi connectivity index (χ2v) is 8.35. The number of alkyl halides is 3. The smallest absolute Gasteiger partial charge is 0.323 e. The number of ether oxygens (including phenoxy) is 1. The third kappa shape index (κ3) is 4.14. The summed E-state index contributed by atoms with van der Waals surface area (Å²) in [4.78, 5) is 14.1. The van der Waals surface area contributed by atoms with Crippen LogP contribution in [0.5, 0.6) is 0 Å². The Morgan fingerprint density at radius 1 is 1.40 bits per heavy atom. The number of piperidine rings is 1. The molecule has 4 atom stereocenters. The first-order chi connectivity index (χ1) is 9.28. The Hall–Kier alpha value is 0.260. The number of carbonyl (C=O) groups is 1. The summed E-state index contributed by atoms with van der Waals surface area (Å²) in [7, 11) is 1.90. The van der Waals surface area contributed by atoms with Crippen LogP contribution in [0.15, 0.2) is 0 Å². The van der Waals surface area contributed by atoms with Gasteiger partial charge in [0, 0.05) is 6.54 Å². The van der Waals surface area contributed by atoms with Crippen molar-refractivity contribution in [2.45, 2.75) is 41.6 Å². The Morgan fingerprint density at radius 3 is 2.75 bits per heavy atom. The van der Waals surface area contributed by atoms with Gasteiger partial charge in [-0.15, -0.1) is 0 Å². The van der Waals surface area contributed by atoms with Crippen LogP contribution in [0.1, 0.15) is 25.7 Å². The summed E-state index contributed by atoms with van der Waals surface area (Å²) in [6.07, 6.45) is 3.29. The van der Waals surface area contributed by atoms with E-state index in [1.54, 1.807) is 0 Å². The molecule has 20 heavy (non-hydrogen) atoms. The molecule has 1 heterocycles. The second kappa shape index (κ2) is 6.57. The second-order valence-electron chi connectivity index (χ2n) is 5.84. The van der Waals surface area contributed by atoms with Crippen LogP contribution < -0.4 is 0 Å². The number of aliphatic hydroxyl groups excluding tert-OH is 1. The number of carbonyl (C=O) groups excluding carboxylic acids is 1. The van der Waals surface area contributed by atoms with E-state index in [9.17, 15) is 9.90 Å². The molecular weight excluding hydrogens is 325 g/mol. The van der Waals surface area contributed by atoms with Crippen LogP contribution >= 0.6 is 34.8 Å². The van der Waals surface area contributed by atoms with Gasteiger partial charge in [0.15, 0.2) is 0 Å². The average molecular weight is 345 g/mol. The van der Waals surface area contributed by atoms with Gasteiger partial charge in [0.05, 0.1) is 6.10 Å². The van der Waals surface area contributed by atoms with Crippen LogP contribution in [-0.2, 0) is 9.53 Å². The van der Waals surface area contributed by atoms with Crippen molar-refractivity contribution >= 4 is 40.8 Å². The monoisotopic (exact) mass is 343 g/mol. The van der Waals surface area contributed by atoms with E-state index in [1.807, 2.05) is 11.9 Å². The summed E-state index contributed by atoms with van der Waals surface area (Å²) in [5.74, 6) is 0.251. The number of hydrogen-bond donors (Lipinski definition) is 1. The molecule has 7 heteroatoms. The Bertz CT molecular complexity index is 361. The average Bonchev–Trinajstić information content (AvgIpc) is 2.35. The summed E-state index contributed by atoms with van der Waals surface area (Å²) < 4.78 is 3.49. The predicted octanol–water partition coefficient (Wildman–Crippen LogP) is 2.38. The molecule has 0 aromatic rings. The topological polar surface area (TPSA) is 49.8 Å². The lowest BCUT2D eigenvalue weighted by atomic mass is 9.71. The van der Waals surface area contributed by atoms with E-state index >= 15 is 0 Å². The number of hydrogen-bond acceptors (Lipinski definition) is 4. The summed E-state index contributed by atoms with van der Waals surface area (Å²) >= 11 is 16.8. The molecule has 116 valence electrons. The zero-order valence-electron chi connectivity index (χ0n) is 11.4. The maximum absolute atomic E-state index is 12.1. The van der Waals surface area contributed by atoms with Gasteiger partial charge in [-0.2, -0.15) is 0 Å². The van der Waals surface area contributed by atoms with Crippen molar-refractivity contribution in [2.24, 2.45) is 11.8 Å². The highest BCUT2D eigenvalue weighted by Gasteiger charge is 2.42. The lowest BCUT2D eigenvalue weighted by Crippen LogP contribution is -2.53. The minimum absolute atomic E-state index is 0.172. The van der Waals surface area contributed by atoms with Crippen molar-refractivity contribution in [2.75, 3.05) is 20.2 Å². The minimum atomic E-state index is -1.59. The fraction of sp³-hybridized carbons (Fsp3) is 0.923. The van der Waals surface area contributed by atoms with Crippen LogP contribution in [-0.4, -0.2) is 52.1 Å². The van der Waals surface area contributed by atoms with Gasteiger partial charge in [-0.05, 0) is 38.1 Å². The fourth-order valence-electron chi connectivity index (χ4n) is 3.37. The molecule has 2 fully saturated rings. The van der Waals surface area contributed by atoms with Gasteiger partial charge in [0.25, 0.3) is 0 Å². The highest BCUT2D eigenvalue weighted by Crippen LogP contribution is 2.38. The van der Waals surface area contributed by atoms with Gasteiger partial charge < -0.3 is 9.84 Å². The molecule has 1 N–H and O–H groups in total. The normalized spacial score (nSPS) is 35.5. The zero-order valence-corrected chi connectivity index (χ0v) is 13.7. The highest BCUT2D eigenvalue weighted by atomic mass is 35.6. The third-order valence-corrected chi connectivity index (χ3v) is 4.70. The first-order valence-electron chi connectivity index (χ1n) is 6.89. The van der Waals surface area contributed by atoms with E-state index in [-0.39, 0.29) is 30.6 Å². The van der Waals surface area contributed by atoms with Gasteiger partial charge in [-0.25, -0.2) is 0 Å². The number of esters is 1. The highest BCUT2D eigenvalue weighted by molar-refractivity contribution is 6.67. The molecule has 0 amide bonds. The van der Waals surface area contributed by atoms with Crippen LogP contribution in [0, 0.1) is 11.8 Å². The Balaban J connectivity index is 1.95. The Morgan fingerprint density at radius 2 is 2.10 bits per heavy atom. The number of aliphatic hydroxyl groups is 1. The van der Waals surface area contributed by atoms with Crippen molar-refractivity contribution in [1.82, 2.24) is 4.90 Å². The lowest BCUT2D eigenvalue weighted by molar-refractivity contribution is -0.154. The van der Waals surface area contributed by atoms with Crippen molar-refractivity contribution in [3.05, 3.63) is 0 Å². The van der Waals surface area contributed by atoms with Gasteiger partial charge in [-0.3, -0.25) is 9.69 Å². The maximum atomic E-state index is 12.1. The van der Waals surface area contributed by atoms with Crippen LogP contribution in [0.25, 0.3) is 0 Å². The number of nitrogens with zero attached hydrogens (tertiary/aromatic N) is 1. The summed E-state index contributed by atoms with van der Waals surface area (Å²) in [5, 5.41) is 10.1. The summed E-state index contributed by atoms with van der Waals surface area (Å²) in [6, 6.07) is -0.364. The lowest BCUT2D eigenvalue weighted by Gasteiger charge is -2.45. The minimum Gasteiger partial charge on any atom is -0.460 e. The number of likely N-dealkylation sites (tertiary alicyclic amines) is 1. The van der Waals surface area contributed by atoms with E-state index in [4.69, 9.17) is 39.5 Å². The molecule has 1 saturated heterocycles. The van der Waals surface area contributed by atoms with Crippen molar-refractivity contribution < 1.29 is 14.6 Å². The Labute approximate surface area is 134 Å². The van der Waals surface area contributed by atoms with Crippen molar-refractivity contribution in [3.63, 3.8) is 0 Å². The standard InChI is InChI=1S/C13H20Cl3NO3/c1-17-6-8-3-2-4-11(18)9(8)5-10(17)12(19)20-7-13(14,15)16/h8-11,18H,2-7H2,1H3/t8-,9+,10+,11+/m1/s1. The molecule has 2 aliphatic rings. The molecular formula is C13H20Cl3NO3. The third-order valence-electron chi connectivity index (χ3n) is 4.37. The molecule has 1 aliphatic heterocycles. The van der Waals surface area contributed by atoms with E-state index in [0.717, 1.165) is 25.8 Å². The molecule has 2 rings (SSSR count). The van der Waals surface area contributed by atoms with Crippen LogP contribution in [0.2, 0.25) is 0 Å². The van der Waals surface area contributed by atoms with E-state index in [2.05, 4.69) is 0 Å². The van der Waals surface area contributed by atoms with Gasteiger partial charge in [-0.1, -0.05) is 41.2 Å². The molecule has 0 bridgehead atoms. The number of fused-ring (bicyclic) bond motifs is 1. The van der Waals surface area contributed by atoms with Gasteiger partial charge in [0.1, 0.15) is 12.6 Å². The quantitative estimate of drug-likeness (QED) is 0.617. The van der Waals surface area contributed by atoms with Gasteiger partial charge in [0.2, 0.25) is 3.79 Å². The van der Waals surface area contributed by atoms with E-state index in [1.165, 1.54) is 0 Å². The molecule has 4 nitrogen and oxygen atoms in total. The predicted molar refractivity (Wildman–Crippen MR) is 79.1 cm³/mol. The molecule has 1 saturated carbocycles. The fourth-order valence-corrected chi connectivity index (χ4v) is 3.53. The summed E-state index contributed by atoms with van der Waals surface area (Å²) in [5.41, 5.74) is 0. The number of rotatable bonds is 2. The Kier molecular flexibility index (Phi) is 5.46. The SMILES string of the molecule is CN1C[C@H]2CCC[C@H](O)[C@H]2C[C@H]1C(=O)OCC(Cl)(Cl)Cl. The molecule has 0 unspecified atom stereocenters. The van der Waals surface area contributed by atoms with Crippen LogP contribution in [0.4, 0.5) is 0 Å². The number of halogens is 3. The molecule has 0 aromatic carbocycles. The first-order valence-corrected chi connectivity index (χ1v) is 8.03. The zero-order chi connectivity index (χ0) is 14.9. The summed E-state index contributed by atoms with van der Waals surface area (Å²) in [6.45, 7) is 0.548. The molecule has 0 aromatic heterocycles. The van der Waals surface area contributed by atoms with Crippen molar-refractivity contribution in [1.29, 1.82) is 0 Å². The first kappa shape index (κ1) is 16.6. The number of likely N-dealkylation sites (N-methyl/N-ethyl adjacent to an activating group) is 1. The van der Waals surface area contributed by atoms with E-state index < -0.39 is 3.79 Å². The molecule has 1 aliphatic carbocycles. The molecule has 0 radical (unpaired) electrons. The van der Waals surface area contributed by atoms with Crippen molar-refractivity contribution in [3.8, 4) is 0 Å². The van der Waals surface area contributed by atoms with E-state index in [0.29, 0.717) is 12.3 Å².